The van der Waals surface area contributed by atoms with Gasteiger partial charge in [-0.3, -0.25) is 24.6 Å². The lowest BCUT2D eigenvalue weighted by atomic mass is 9.95. The van der Waals surface area contributed by atoms with Gasteiger partial charge in [-0.2, -0.15) is 0 Å². The summed E-state index contributed by atoms with van der Waals surface area (Å²) in [5.41, 5.74) is 0.804. The number of likely N-dealkylation sites (N-methyl/N-ethyl adjacent to an activating group) is 2. The minimum absolute atomic E-state index is 0.0904. The number of nitrogens with zero attached hydrogens (tertiary/aromatic N) is 2. The van der Waals surface area contributed by atoms with Gasteiger partial charge in [0.05, 0.1) is 13.0 Å². The second-order valence-corrected chi connectivity index (χ2v) is 11.5. The molecule has 11 nitrogen and oxygen atoms in total. The molecule has 1 fully saturated rings. The van der Waals surface area contributed by atoms with E-state index in [-0.39, 0.29) is 18.2 Å². The summed E-state index contributed by atoms with van der Waals surface area (Å²) in [5.74, 6) is 0.134. The van der Waals surface area contributed by atoms with E-state index in [2.05, 4.69) is 16.6 Å². The van der Waals surface area contributed by atoms with Crippen LogP contribution in [0.15, 0.2) is 24.3 Å². The number of rotatable bonds is 7. The molecule has 0 aliphatic carbocycles. The maximum Gasteiger partial charge on any atom is 0.311 e. The summed E-state index contributed by atoms with van der Waals surface area (Å²) in [5, 5.41) is 14.6. The zero-order valence-electron chi connectivity index (χ0n) is 26.6. The average molecular weight is 598 g/mol. The van der Waals surface area contributed by atoms with E-state index in [0.717, 1.165) is 5.56 Å². The maximum absolute atomic E-state index is 13.8. The number of benzene rings is 1. The molecule has 1 aromatic carbocycles. The van der Waals surface area contributed by atoms with E-state index in [0.29, 0.717) is 25.0 Å². The standard InChI is InChI=1S/C32H47N5O6/c1-10-11-12-13-25-20(4)32(41)43-22(6)28(33)37(8)26(18-23-14-16-24(42-9)17-15-23)30(39)35-27(19(2)3)31(40)36(7)21(5)29(38)34-25/h1,14-17,19-22,25-27,33H,11-13,18H2,2-9H3,(H,34,38)(H,35,39)/t20?,21-,22?,25?,26-,27-/m0/s1. The molecule has 0 bridgehead atoms. The fraction of sp³-hybridized carbons (Fsp3) is 0.594. The number of ether oxygens (including phenoxy) is 2. The van der Waals surface area contributed by atoms with Crippen LogP contribution < -0.4 is 15.4 Å². The Labute approximate surface area is 255 Å². The normalized spacial score (nSPS) is 26.5. The summed E-state index contributed by atoms with van der Waals surface area (Å²) in [4.78, 5) is 56.9. The first-order valence-electron chi connectivity index (χ1n) is 14.7. The molecule has 236 valence electrons. The monoisotopic (exact) mass is 597 g/mol. The number of amidine groups is 1. The minimum Gasteiger partial charge on any atom is -0.497 e. The van der Waals surface area contributed by atoms with E-state index < -0.39 is 59.9 Å². The van der Waals surface area contributed by atoms with Crippen LogP contribution in [0.5, 0.6) is 5.75 Å². The molecule has 0 saturated carbocycles. The van der Waals surface area contributed by atoms with Gasteiger partial charge in [0, 0.05) is 33.0 Å². The van der Waals surface area contributed by atoms with Crippen molar-refractivity contribution in [1.82, 2.24) is 20.4 Å². The summed E-state index contributed by atoms with van der Waals surface area (Å²) in [7, 11) is 4.67. The molecule has 0 spiro atoms. The lowest BCUT2D eigenvalue weighted by Gasteiger charge is -2.36. The predicted molar refractivity (Wildman–Crippen MR) is 164 cm³/mol. The lowest BCUT2D eigenvalue weighted by Crippen LogP contribution is -2.60. The van der Waals surface area contributed by atoms with Crippen molar-refractivity contribution in [1.29, 1.82) is 5.41 Å². The molecule has 1 aliphatic heterocycles. The summed E-state index contributed by atoms with van der Waals surface area (Å²) >= 11 is 0. The molecule has 0 radical (unpaired) electrons. The number of hydrogen-bond acceptors (Lipinski definition) is 7. The Kier molecular flexibility index (Phi) is 13.0. The molecule has 1 saturated heterocycles. The van der Waals surface area contributed by atoms with Crippen LogP contribution in [0.2, 0.25) is 0 Å². The molecular weight excluding hydrogens is 550 g/mol. The fourth-order valence-electron chi connectivity index (χ4n) is 4.87. The van der Waals surface area contributed by atoms with Crippen LogP contribution >= 0.6 is 0 Å². The first kappa shape index (κ1) is 35.1. The van der Waals surface area contributed by atoms with Crippen LogP contribution in [-0.2, 0) is 30.3 Å². The second-order valence-electron chi connectivity index (χ2n) is 11.5. The van der Waals surface area contributed by atoms with E-state index in [1.807, 2.05) is 26.0 Å². The summed E-state index contributed by atoms with van der Waals surface area (Å²) < 4.78 is 10.9. The lowest BCUT2D eigenvalue weighted by molar-refractivity contribution is -0.152. The van der Waals surface area contributed by atoms with E-state index in [1.165, 1.54) is 16.8 Å². The smallest absolute Gasteiger partial charge is 0.311 e. The molecule has 3 N–H and O–H groups in total. The second kappa shape index (κ2) is 16.0. The van der Waals surface area contributed by atoms with Crippen molar-refractivity contribution in [3.05, 3.63) is 29.8 Å². The number of carbonyl (C=O) groups excluding carboxylic acids is 4. The number of carbonyl (C=O) groups is 4. The number of terminal acetylenes is 1. The number of amides is 3. The highest BCUT2D eigenvalue weighted by Crippen LogP contribution is 2.19. The molecular formula is C32H47N5O6. The average Bonchev–Trinajstić information content (AvgIpc) is 2.99. The van der Waals surface area contributed by atoms with Gasteiger partial charge in [0.1, 0.15) is 29.7 Å². The van der Waals surface area contributed by atoms with Gasteiger partial charge in [0.2, 0.25) is 17.7 Å². The third-order valence-electron chi connectivity index (χ3n) is 8.09. The number of esters is 1. The highest BCUT2D eigenvalue weighted by molar-refractivity contribution is 5.96. The van der Waals surface area contributed by atoms with Crippen molar-refractivity contribution >= 4 is 29.5 Å². The molecule has 3 unspecified atom stereocenters. The van der Waals surface area contributed by atoms with Crippen molar-refractivity contribution in [2.45, 2.75) is 90.6 Å². The summed E-state index contributed by atoms with van der Waals surface area (Å²) in [6.45, 7) is 8.45. The van der Waals surface area contributed by atoms with Crippen molar-refractivity contribution in [3.63, 3.8) is 0 Å². The molecule has 0 aromatic heterocycles. The summed E-state index contributed by atoms with van der Waals surface area (Å²) in [6, 6.07) is 3.88. The van der Waals surface area contributed by atoms with E-state index in [9.17, 15) is 19.2 Å². The number of unbranched alkanes of at least 4 members (excludes halogenated alkanes) is 1. The van der Waals surface area contributed by atoms with Crippen molar-refractivity contribution < 1.29 is 28.7 Å². The fourth-order valence-corrected chi connectivity index (χ4v) is 4.87. The summed E-state index contributed by atoms with van der Waals surface area (Å²) in [6.07, 6.45) is 6.10. The van der Waals surface area contributed by atoms with Crippen LogP contribution in [0.4, 0.5) is 0 Å². The predicted octanol–water partition coefficient (Wildman–Crippen LogP) is 2.37. The van der Waals surface area contributed by atoms with Crippen LogP contribution in [-0.4, -0.2) is 90.8 Å². The number of cyclic esters (lactones) is 1. The SMILES string of the molecule is C#CCCCC1NC(=O)[C@H](C)N(C)C(=O)[C@H](C(C)C)NC(=O)[C@H](Cc2ccc(OC)cc2)N(C)C(=N)C(C)OC(=O)C1C. The molecule has 11 heteroatoms. The topological polar surface area (TPSA) is 141 Å². The van der Waals surface area contributed by atoms with Gasteiger partial charge in [0.25, 0.3) is 0 Å². The Morgan fingerprint density at radius 2 is 1.65 bits per heavy atom. The van der Waals surface area contributed by atoms with Crippen molar-refractivity contribution in [2.75, 3.05) is 21.2 Å². The Morgan fingerprint density at radius 1 is 1.02 bits per heavy atom. The van der Waals surface area contributed by atoms with Gasteiger partial charge >= 0.3 is 5.97 Å². The first-order chi connectivity index (χ1) is 20.2. The van der Waals surface area contributed by atoms with Gasteiger partial charge in [-0.15, -0.1) is 12.3 Å². The third kappa shape index (κ3) is 9.21. The van der Waals surface area contributed by atoms with Gasteiger partial charge in [-0.1, -0.05) is 26.0 Å². The highest BCUT2D eigenvalue weighted by atomic mass is 16.5. The molecule has 1 heterocycles. The van der Waals surface area contributed by atoms with Gasteiger partial charge in [-0.05, 0) is 57.2 Å². The van der Waals surface area contributed by atoms with Crippen molar-refractivity contribution in [3.8, 4) is 18.1 Å². The van der Waals surface area contributed by atoms with Gasteiger partial charge in [-0.25, -0.2) is 0 Å². The molecule has 43 heavy (non-hydrogen) atoms. The zero-order chi connectivity index (χ0) is 32.4. The Balaban J connectivity index is 2.54. The molecule has 1 aromatic rings. The Hall–Kier alpha value is -4.07. The molecule has 3 amide bonds. The van der Waals surface area contributed by atoms with E-state index in [4.69, 9.17) is 21.3 Å². The maximum atomic E-state index is 13.8. The van der Waals surface area contributed by atoms with E-state index >= 15 is 0 Å². The third-order valence-corrected chi connectivity index (χ3v) is 8.09. The number of nitrogens with one attached hydrogen (secondary N) is 3. The van der Waals surface area contributed by atoms with E-state index in [1.54, 1.807) is 47.1 Å². The largest absolute Gasteiger partial charge is 0.497 e. The van der Waals surface area contributed by atoms with Crippen LogP contribution in [0, 0.1) is 29.6 Å². The van der Waals surface area contributed by atoms with Crippen molar-refractivity contribution in [2.24, 2.45) is 11.8 Å². The highest BCUT2D eigenvalue weighted by Gasteiger charge is 2.37. The van der Waals surface area contributed by atoms with Gasteiger partial charge in [0.15, 0.2) is 6.10 Å². The number of methoxy groups -OCH3 is 1. The Bertz CT molecular complexity index is 1190. The zero-order valence-corrected chi connectivity index (χ0v) is 26.6. The molecule has 1 aliphatic rings. The minimum atomic E-state index is -0.992. The quantitative estimate of drug-likeness (QED) is 0.249. The van der Waals surface area contributed by atoms with Crippen LogP contribution in [0.3, 0.4) is 0 Å². The molecule has 6 atom stereocenters. The first-order valence-corrected chi connectivity index (χ1v) is 14.7. The van der Waals surface area contributed by atoms with Crippen LogP contribution in [0.1, 0.15) is 59.4 Å². The Morgan fingerprint density at radius 3 is 2.21 bits per heavy atom. The molecule has 2 rings (SSSR count). The van der Waals surface area contributed by atoms with Crippen LogP contribution in [0.25, 0.3) is 0 Å². The van der Waals surface area contributed by atoms with Gasteiger partial charge < -0.3 is 29.9 Å². The number of hydrogen-bond donors (Lipinski definition) is 3.